The molecule has 0 aliphatic carbocycles. The summed E-state index contributed by atoms with van der Waals surface area (Å²) in [6.45, 7) is 1.78. The molecule has 94 valence electrons. The molecule has 1 aromatic rings. The molecule has 1 aromatic heterocycles. The van der Waals surface area contributed by atoms with E-state index >= 15 is 0 Å². The summed E-state index contributed by atoms with van der Waals surface area (Å²) in [4.78, 5) is 20.4. The van der Waals surface area contributed by atoms with Gasteiger partial charge in [-0.15, -0.1) is 0 Å². The Kier molecular flexibility index (Phi) is 4.51. The highest BCUT2D eigenvalue weighted by atomic mass is 35.5. The van der Waals surface area contributed by atoms with Gasteiger partial charge in [-0.25, -0.2) is 9.78 Å². The number of carbonyl (C=O) groups is 1. The lowest BCUT2D eigenvalue weighted by atomic mass is 10.2. The molecular weight excluding hydrogens is 246 g/mol. The van der Waals surface area contributed by atoms with Crippen molar-refractivity contribution in [3.8, 4) is 6.01 Å². The lowest BCUT2D eigenvalue weighted by Crippen LogP contribution is -2.38. The van der Waals surface area contributed by atoms with Crippen LogP contribution in [0.3, 0.4) is 0 Å². The first-order valence-electron chi connectivity index (χ1n) is 5.03. The van der Waals surface area contributed by atoms with Gasteiger partial charge in [0.1, 0.15) is 11.1 Å². The lowest BCUT2D eigenvalue weighted by Gasteiger charge is -2.25. The molecule has 0 aromatic carbocycles. The molecule has 0 bridgehead atoms. The van der Waals surface area contributed by atoms with Gasteiger partial charge < -0.3 is 14.7 Å². The Labute approximate surface area is 104 Å². The minimum atomic E-state index is -0.927. The van der Waals surface area contributed by atoms with E-state index in [0.717, 1.165) is 0 Å². The van der Waals surface area contributed by atoms with Crippen molar-refractivity contribution in [2.75, 3.05) is 19.1 Å². The number of anilines is 1. The summed E-state index contributed by atoms with van der Waals surface area (Å²) in [5.41, 5.74) is 0. The predicted molar refractivity (Wildman–Crippen MR) is 63.7 cm³/mol. The molecule has 7 heteroatoms. The number of hydrogen-bond acceptors (Lipinski definition) is 5. The summed E-state index contributed by atoms with van der Waals surface area (Å²) in [6, 6.07) is -0.538. The Balaban J connectivity index is 3.09. The molecule has 1 unspecified atom stereocenters. The molecule has 0 aliphatic heterocycles. The normalized spacial score (nSPS) is 12.0. The van der Waals surface area contributed by atoms with Crippen LogP contribution >= 0.6 is 11.6 Å². The van der Waals surface area contributed by atoms with E-state index in [0.29, 0.717) is 12.2 Å². The summed E-state index contributed by atoms with van der Waals surface area (Å²) < 4.78 is 4.88. The zero-order chi connectivity index (χ0) is 13.0. The zero-order valence-electron chi connectivity index (χ0n) is 9.85. The van der Waals surface area contributed by atoms with Crippen LogP contribution in [0.2, 0.25) is 5.02 Å². The van der Waals surface area contributed by atoms with Crippen molar-refractivity contribution in [1.82, 2.24) is 9.97 Å². The van der Waals surface area contributed by atoms with Crippen LogP contribution < -0.4 is 9.64 Å². The van der Waals surface area contributed by atoms with Gasteiger partial charge in [-0.3, -0.25) is 0 Å². The smallest absolute Gasteiger partial charge is 0.326 e. The molecule has 0 radical (unpaired) electrons. The number of carboxylic acid groups (broad SMARTS) is 1. The summed E-state index contributed by atoms with van der Waals surface area (Å²) >= 11 is 5.94. The molecule has 1 atom stereocenters. The Bertz CT molecular complexity index is 414. The number of nitrogens with zero attached hydrogens (tertiary/aromatic N) is 3. The van der Waals surface area contributed by atoms with Crippen molar-refractivity contribution in [2.45, 2.75) is 19.4 Å². The molecule has 6 nitrogen and oxygen atoms in total. The average molecular weight is 260 g/mol. The van der Waals surface area contributed by atoms with Gasteiger partial charge >= 0.3 is 12.0 Å². The van der Waals surface area contributed by atoms with Crippen LogP contribution in [0.15, 0.2) is 6.20 Å². The minimum absolute atomic E-state index is 0.150. The highest BCUT2D eigenvalue weighted by Crippen LogP contribution is 2.25. The molecule has 1 rings (SSSR count). The molecule has 0 fully saturated rings. The number of aromatic nitrogens is 2. The number of likely N-dealkylation sites (N-methyl/N-ethyl adjacent to an activating group) is 1. The van der Waals surface area contributed by atoms with Gasteiger partial charge in [0.25, 0.3) is 0 Å². The van der Waals surface area contributed by atoms with Gasteiger partial charge in [0, 0.05) is 7.05 Å². The fourth-order valence-corrected chi connectivity index (χ4v) is 1.67. The van der Waals surface area contributed by atoms with Crippen LogP contribution in [-0.4, -0.2) is 41.2 Å². The second kappa shape index (κ2) is 5.67. The van der Waals surface area contributed by atoms with Crippen LogP contribution in [0, 0.1) is 0 Å². The van der Waals surface area contributed by atoms with Crippen LogP contribution in [0.25, 0.3) is 0 Å². The second-order valence-electron chi connectivity index (χ2n) is 3.40. The number of carboxylic acids is 1. The number of methoxy groups -OCH3 is 1. The van der Waals surface area contributed by atoms with Crippen molar-refractivity contribution in [3.05, 3.63) is 11.2 Å². The standard InChI is InChI=1S/C10H14ClN3O3/c1-4-7(9(15)16)14(2)8-6(11)5-12-10(13-8)17-3/h5,7H,4H2,1-3H3,(H,15,16). The quantitative estimate of drug-likeness (QED) is 0.862. The maximum absolute atomic E-state index is 11.1. The molecular formula is C10H14ClN3O3. The van der Waals surface area contributed by atoms with E-state index in [1.54, 1.807) is 14.0 Å². The highest BCUT2D eigenvalue weighted by molar-refractivity contribution is 6.32. The van der Waals surface area contributed by atoms with E-state index in [1.165, 1.54) is 18.2 Å². The number of ether oxygens (including phenoxy) is 1. The fraction of sp³-hybridized carbons (Fsp3) is 0.500. The highest BCUT2D eigenvalue weighted by Gasteiger charge is 2.24. The molecule has 0 saturated carbocycles. The summed E-state index contributed by atoms with van der Waals surface area (Å²) in [6.07, 6.45) is 1.82. The van der Waals surface area contributed by atoms with Crippen LogP contribution in [0.1, 0.15) is 13.3 Å². The van der Waals surface area contributed by atoms with Gasteiger partial charge in [0.2, 0.25) is 0 Å². The topological polar surface area (TPSA) is 75.5 Å². The SMILES string of the molecule is CCC(C(=O)O)N(C)c1nc(OC)ncc1Cl. The van der Waals surface area contributed by atoms with Gasteiger partial charge in [-0.1, -0.05) is 18.5 Å². The first-order chi connectivity index (χ1) is 8.01. The first kappa shape index (κ1) is 13.5. The van der Waals surface area contributed by atoms with E-state index in [9.17, 15) is 4.79 Å². The van der Waals surface area contributed by atoms with E-state index in [1.807, 2.05) is 0 Å². The third-order valence-corrected chi connectivity index (χ3v) is 2.63. The van der Waals surface area contributed by atoms with Crippen LogP contribution in [-0.2, 0) is 4.79 Å². The van der Waals surface area contributed by atoms with E-state index in [-0.39, 0.29) is 11.0 Å². The Hall–Kier alpha value is -1.56. The molecule has 17 heavy (non-hydrogen) atoms. The van der Waals surface area contributed by atoms with Crippen molar-refractivity contribution in [2.24, 2.45) is 0 Å². The summed E-state index contributed by atoms with van der Waals surface area (Å²) in [5.74, 6) is -0.587. The Morgan fingerprint density at radius 2 is 2.35 bits per heavy atom. The van der Waals surface area contributed by atoms with Crippen LogP contribution in [0.4, 0.5) is 5.82 Å². The first-order valence-corrected chi connectivity index (χ1v) is 5.41. The molecule has 0 amide bonds. The number of hydrogen-bond donors (Lipinski definition) is 1. The Morgan fingerprint density at radius 3 is 2.82 bits per heavy atom. The zero-order valence-corrected chi connectivity index (χ0v) is 10.6. The maximum atomic E-state index is 11.1. The van der Waals surface area contributed by atoms with Gasteiger partial charge in [0.15, 0.2) is 5.82 Å². The molecule has 1 heterocycles. The summed E-state index contributed by atoms with van der Waals surface area (Å²) in [7, 11) is 3.05. The third kappa shape index (κ3) is 2.97. The number of halogens is 1. The number of rotatable bonds is 5. The number of aliphatic carboxylic acids is 1. The third-order valence-electron chi connectivity index (χ3n) is 2.36. The fourth-order valence-electron chi connectivity index (χ4n) is 1.45. The Morgan fingerprint density at radius 1 is 1.71 bits per heavy atom. The van der Waals surface area contributed by atoms with Gasteiger partial charge in [-0.2, -0.15) is 4.98 Å². The molecule has 0 aliphatic rings. The summed E-state index contributed by atoms with van der Waals surface area (Å²) in [5, 5.41) is 9.35. The van der Waals surface area contributed by atoms with Gasteiger partial charge in [0.05, 0.1) is 13.3 Å². The molecule has 1 N–H and O–H groups in total. The van der Waals surface area contributed by atoms with Crippen molar-refractivity contribution in [1.29, 1.82) is 0 Å². The molecule has 0 saturated heterocycles. The monoisotopic (exact) mass is 259 g/mol. The van der Waals surface area contributed by atoms with Crippen LogP contribution in [0.5, 0.6) is 6.01 Å². The van der Waals surface area contributed by atoms with E-state index in [4.69, 9.17) is 21.4 Å². The van der Waals surface area contributed by atoms with Crippen molar-refractivity contribution >= 4 is 23.4 Å². The minimum Gasteiger partial charge on any atom is -0.480 e. The van der Waals surface area contributed by atoms with E-state index in [2.05, 4.69) is 9.97 Å². The largest absolute Gasteiger partial charge is 0.480 e. The predicted octanol–water partition coefficient (Wildman–Crippen LogP) is 1.44. The lowest BCUT2D eigenvalue weighted by molar-refractivity contribution is -0.138. The average Bonchev–Trinajstić information content (AvgIpc) is 2.30. The second-order valence-corrected chi connectivity index (χ2v) is 3.81. The van der Waals surface area contributed by atoms with Crippen molar-refractivity contribution in [3.63, 3.8) is 0 Å². The molecule has 0 spiro atoms. The van der Waals surface area contributed by atoms with Gasteiger partial charge in [-0.05, 0) is 6.42 Å². The van der Waals surface area contributed by atoms with E-state index < -0.39 is 12.0 Å². The van der Waals surface area contributed by atoms with Crippen molar-refractivity contribution < 1.29 is 14.6 Å². The maximum Gasteiger partial charge on any atom is 0.326 e.